The molecule has 0 unspecified atom stereocenters. The zero-order valence-corrected chi connectivity index (χ0v) is 15.9. The number of likely N-dealkylation sites (tertiary alicyclic amines) is 1. The number of amides is 1. The Morgan fingerprint density at radius 3 is 2.69 bits per heavy atom. The number of likely N-dealkylation sites (N-methyl/N-ethyl adjacent to an activating group) is 1. The summed E-state index contributed by atoms with van der Waals surface area (Å²) in [5.74, 6) is 0.569. The number of ether oxygens (including phenoxy) is 1. The third-order valence-electron chi connectivity index (χ3n) is 4.84. The van der Waals surface area contributed by atoms with E-state index in [1.54, 1.807) is 12.1 Å². The molecule has 0 N–H and O–H groups in total. The molecule has 1 aliphatic rings. The zero-order valence-electron chi connectivity index (χ0n) is 15.1. The standard InChI is InChI=1S/C21H25ClN2O2/c1-23(14-17-8-3-2-4-9-17)18-10-7-13-24(15-18)21(25)16-26-20-12-6-5-11-19(20)22/h2-6,8-9,11-12,18H,7,10,13-16H2,1H3/t18-/m1/s1. The van der Waals surface area contributed by atoms with Crippen LogP contribution in [0.4, 0.5) is 0 Å². The van der Waals surface area contributed by atoms with E-state index in [0.29, 0.717) is 16.8 Å². The summed E-state index contributed by atoms with van der Waals surface area (Å²) in [6, 6.07) is 18.0. The summed E-state index contributed by atoms with van der Waals surface area (Å²) in [6.07, 6.45) is 2.13. The van der Waals surface area contributed by atoms with Crippen molar-refractivity contribution in [2.75, 3.05) is 26.7 Å². The van der Waals surface area contributed by atoms with E-state index in [-0.39, 0.29) is 12.5 Å². The number of rotatable bonds is 6. The molecule has 3 rings (SSSR count). The molecule has 4 nitrogen and oxygen atoms in total. The smallest absolute Gasteiger partial charge is 0.260 e. The van der Waals surface area contributed by atoms with Gasteiger partial charge in [-0.3, -0.25) is 9.69 Å². The summed E-state index contributed by atoms with van der Waals surface area (Å²) >= 11 is 6.08. The normalized spacial score (nSPS) is 17.3. The number of carbonyl (C=O) groups excluding carboxylic acids is 1. The van der Waals surface area contributed by atoms with E-state index in [1.165, 1.54) is 5.56 Å². The Morgan fingerprint density at radius 1 is 1.19 bits per heavy atom. The maximum Gasteiger partial charge on any atom is 0.260 e. The van der Waals surface area contributed by atoms with Gasteiger partial charge in [-0.25, -0.2) is 0 Å². The molecule has 1 amide bonds. The number of hydrogen-bond acceptors (Lipinski definition) is 3. The van der Waals surface area contributed by atoms with Crippen LogP contribution in [0, 0.1) is 0 Å². The topological polar surface area (TPSA) is 32.8 Å². The number of carbonyl (C=O) groups is 1. The molecule has 1 atom stereocenters. The number of piperidine rings is 1. The number of halogens is 1. The lowest BCUT2D eigenvalue weighted by molar-refractivity contribution is -0.135. The Kier molecular flexibility index (Phi) is 6.53. The summed E-state index contributed by atoms with van der Waals surface area (Å²) in [4.78, 5) is 16.8. The Labute approximate surface area is 160 Å². The molecule has 1 fully saturated rings. The highest BCUT2D eigenvalue weighted by molar-refractivity contribution is 6.32. The first-order valence-electron chi connectivity index (χ1n) is 9.03. The van der Waals surface area contributed by atoms with Crippen molar-refractivity contribution in [1.29, 1.82) is 0 Å². The monoisotopic (exact) mass is 372 g/mol. The molecule has 0 saturated carbocycles. The van der Waals surface area contributed by atoms with Crippen molar-refractivity contribution >= 4 is 17.5 Å². The van der Waals surface area contributed by atoms with Crippen LogP contribution in [0.5, 0.6) is 5.75 Å². The molecule has 1 aliphatic heterocycles. The molecular weight excluding hydrogens is 348 g/mol. The van der Waals surface area contributed by atoms with Gasteiger partial charge < -0.3 is 9.64 Å². The SMILES string of the molecule is CN(Cc1ccccc1)[C@@H]1CCCN(C(=O)COc2ccccc2Cl)C1. The van der Waals surface area contributed by atoms with Gasteiger partial charge in [0.1, 0.15) is 5.75 Å². The molecule has 0 aromatic heterocycles. The molecule has 1 heterocycles. The highest BCUT2D eigenvalue weighted by Gasteiger charge is 2.26. The number of para-hydroxylation sites is 1. The molecule has 2 aromatic rings. The lowest BCUT2D eigenvalue weighted by Crippen LogP contribution is -2.49. The van der Waals surface area contributed by atoms with Gasteiger partial charge in [0.05, 0.1) is 5.02 Å². The predicted molar refractivity (Wildman–Crippen MR) is 104 cm³/mol. The number of hydrogen-bond donors (Lipinski definition) is 0. The molecule has 2 aromatic carbocycles. The minimum absolute atomic E-state index is 0.0164. The highest BCUT2D eigenvalue weighted by atomic mass is 35.5. The lowest BCUT2D eigenvalue weighted by atomic mass is 10.0. The van der Waals surface area contributed by atoms with Crippen LogP contribution in [0.3, 0.4) is 0 Å². The Morgan fingerprint density at radius 2 is 1.92 bits per heavy atom. The average Bonchev–Trinajstić information content (AvgIpc) is 2.68. The van der Waals surface area contributed by atoms with E-state index >= 15 is 0 Å². The van der Waals surface area contributed by atoms with E-state index in [2.05, 4.69) is 36.2 Å². The fourth-order valence-electron chi connectivity index (χ4n) is 3.33. The second-order valence-electron chi connectivity index (χ2n) is 6.76. The molecule has 0 radical (unpaired) electrons. The Balaban J connectivity index is 1.52. The van der Waals surface area contributed by atoms with Gasteiger partial charge in [0, 0.05) is 25.7 Å². The molecule has 26 heavy (non-hydrogen) atoms. The molecule has 0 bridgehead atoms. The third-order valence-corrected chi connectivity index (χ3v) is 5.15. The summed E-state index contributed by atoms with van der Waals surface area (Å²) in [5.41, 5.74) is 1.29. The molecule has 138 valence electrons. The van der Waals surface area contributed by atoms with Crippen molar-refractivity contribution in [3.63, 3.8) is 0 Å². The summed E-state index contributed by atoms with van der Waals surface area (Å²) in [7, 11) is 2.13. The van der Waals surface area contributed by atoms with Gasteiger partial charge in [-0.15, -0.1) is 0 Å². The fourth-order valence-corrected chi connectivity index (χ4v) is 3.52. The first kappa shape index (κ1) is 18.7. The van der Waals surface area contributed by atoms with E-state index in [9.17, 15) is 4.79 Å². The molecule has 0 spiro atoms. The van der Waals surface area contributed by atoms with Crippen LogP contribution in [0.2, 0.25) is 5.02 Å². The van der Waals surface area contributed by atoms with E-state index < -0.39 is 0 Å². The third kappa shape index (κ3) is 4.99. The second-order valence-corrected chi connectivity index (χ2v) is 7.16. The van der Waals surface area contributed by atoms with Gasteiger partial charge in [-0.05, 0) is 37.6 Å². The Hall–Kier alpha value is -2.04. The maximum absolute atomic E-state index is 12.5. The van der Waals surface area contributed by atoms with E-state index in [4.69, 9.17) is 16.3 Å². The van der Waals surface area contributed by atoms with Crippen molar-refractivity contribution in [2.24, 2.45) is 0 Å². The molecule has 5 heteroatoms. The zero-order chi connectivity index (χ0) is 18.4. The highest BCUT2D eigenvalue weighted by Crippen LogP contribution is 2.23. The van der Waals surface area contributed by atoms with Gasteiger partial charge in [-0.2, -0.15) is 0 Å². The Bertz CT molecular complexity index is 723. The lowest BCUT2D eigenvalue weighted by Gasteiger charge is -2.37. The van der Waals surface area contributed by atoms with Crippen molar-refractivity contribution < 1.29 is 9.53 Å². The average molecular weight is 373 g/mol. The molecule has 1 saturated heterocycles. The van der Waals surface area contributed by atoms with Crippen molar-refractivity contribution in [3.05, 3.63) is 65.2 Å². The second kappa shape index (κ2) is 9.06. The van der Waals surface area contributed by atoms with E-state index in [0.717, 1.165) is 32.5 Å². The number of benzene rings is 2. The van der Waals surface area contributed by atoms with Gasteiger partial charge >= 0.3 is 0 Å². The van der Waals surface area contributed by atoms with E-state index in [1.807, 2.05) is 23.1 Å². The maximum atomic E-state index is 12.5. The van der Waals surface area contributed by atoms with Crippen LogP contribution in [-0.4, -0.2) is 48.5 Å². The summed E-state index contributed by atoms with van der Waals surface area (Å²) < 4.78 is 5.61. The fraction of sp³-hybridized carbons (Fsp3) is 0.381. The number of nitrogens with zero attached hydrogens (tertiary/aromatic N) is 2. The van der Waals surface area contributed by atoms with Crippen LogP contribution in [0.1, 0.15) is 18.4 Å². The van der Waals surface area contributed by atoms with Crippen LogP contribution in [0.25, 0.3) is 0 Å². The van der Waals surface area contributed by atoms with Crippen LogP contribution in [-0.2, 0) is 11.3 Å². The van der Waals surface area contributed by atoms with Crippen LogP contribution >= 0.6 is 11.6 Å². The van der Waals surface area contributed by atoms with Crippen LogP contribution < -0.4 is 4.74 Å². The minimum Gasteiger partial charge on any atom is -0.482 e. The predicted octanol–water partition coefficient (Wildman–Crippen LogP) is 3.84. The molecule has 0 aliphatic carbocycles. The summed E-state index contributed by atoms with van der Waals surface area (Å²) in [5, 5.41) is 0.527. The summed E-state index contributed by atoms with van der Waals surface area (Å²) in [6.45, 7) is 2.46. The van der Waals surface area contributed by atoms with Crippen LogP contribution in [0.15, 0.2) is 54.6 Å². The van der Waals surface area contributed by atoms with Crippen molar-refractivity contribution in [1.82, 2.24) is 9.80 Å². The largest absolute Gasteiger partial charge is 0.482 e. The minimum atomic E-state index is 0.0164. The quantitative estimate of drug-likeness (QED) is 0.772. The van der Waals surface area contributed by atoms with Gasteiger partial charge in [-0.1, -0.05) is 54.1 Å². The molecular formula is C21H25ClN2O2. The first-order chi connectivity index (χ1) is 12.6. The first-order valence-corrected chi connectivity index (χ1v) is 9.40. The van der Waals surface area contributed by atoms with Gasteiger partial charge in [0.2, 0.25) is 0 Å². The van der Waals surface area contributed by atoms with Gasteiger partial charge in [0.15, 0.2) is 6.61 Å². The van der Waals surface area contributed by atoms with Crippen molar-refractivity contribution in [2.45, 2.75) is 25.4 Å². The van der Waals surface area contributed by atoms with Gasteiger partial charge in [0.25, 0.3) is 5.91 Å². The van der Waals surface area contributed by atoms with Crippen molar-refractivity contribution in [3.8, 4) is 5.75 Å².